The third-order valence-electron chi connectivity index (χ3n) is 5.17. The maximum atomic E-state index is 11.1. The number of aliphatic hydroxyl groups excluding tert-OH is 1. The Morgan fingerprint density at radius 3 is 2.90 bits per heavy atom. The fourth-order valence-electron chi connectivity index (χ4n) is 3.67. The number of H-pyrrole nitrogens is 1. The molecule has 1 aromatic carbocycles. The van der Waals surface area contributed by atoms with Gasteiger partial charge in [-0.2, -0.15) is 9.97 Å². The second kappa shape index (κ2) is 7.97. The normalized spacial score (nSPS) is 25.0. The summed E-state index contributed by atoms with van der Waals surface area (Å²) in [5, 5.41) is 19.2. The largest absolute Gasteiger partial charge is 0.478 e. The Morgan fingerprint density at radius 2 is 2.06 bits per heavy atom. The summed E-state index contributed by atoms with van der Waals surface area (Å²) >= 11 is 6.28. The van der Waals surface area contributed by atoms with Crippen LogP contribution in [0.1, 0.15) is 15.9 Å². The van der Waals surface area contributed by atoms with Crippen LogP contribution in [0.4, 0.5) is 0 Å². The molecular formula is C20H18ClN3O7. The summed E-state index contributed by atoms with van der Waals surface area (Å²) in [6.45, 7) is 0.583. The summed E-state index contributed by atoms with van der Waals surface area (Å²) in [6, 6.07) is 8.26. The number of halogens is 1. The number of fused-ring (bicyclic) bond motifs is 2. The lowest BCUT2D eigenvalue weighted by Crippen LogP contribution is -2.34. The van der Waals surface area contributed by atoms with Gasteiger partial charge in [0.15, 0.2) is 11.8 Å². The van der Waals surface area contributed by atoms with Crippen molar-refractivity contribution in [1.29, 1.82) is 0 Å². The van der Waals surface area contributed by atoms with E-state index >= 15 is 0 Å². The van der Waals surface area contributed by atoms with Gasteiger partial charge in [0.05, 0.1) is 24.3 Å². The van der Waals surface area contributed by atoms with Gasteiger partial charge in [0.25, 0.3) is 6.01 Å². The molecule has 0 radical (unpaired) electrons. The minimum absolute atomic E-state index is 0.0925. The highest BCUT2D eigenvalue weighted by Crippen LogP contribution is 2.31. The molecule has 0 saturated carbocycles. The van der Waals surface area contributed by atoms with Gasteiger partial charge in [0, 0.05) is 0 Å². The number of hydrogen-bond acceptors (Lipinski definition) is 8. The monoisotopic (exact) mass is 447 g/mol. The van der Waals surface area contributed by atoms with E-state index in [1.54, 1.807) is 18.2 Å². The number of pyridine rings is 1. The van der Waals surface area contributed by atoms with Gasteiger partial charge in [-0.05, 0) is 23.8 Å². The van der Waals surface area contributed by atoms with Crippen LogP contribution in [0.2, 0.25) is 5.02 Å². The Balaban J connectivity index is 1.30. The van der Waals surface area contributed by atoms with Crippen LogP contribution in [0.15, 0.2) is 30.3 Å². The molecule has 0 amide bonds. The highest BCUT2D eigenvalue weighted by atomic mass is 35.5. The molecule has 2 aliphatic heterocycles. The molecule has 5 rings (SSSR count). The lowest BCUT2D eigenvalue weighted by Gasteiger charge is -2.15. The number of hydrogen-bond donors (Lipinski definition) is 3. The highest BCUT2D eigenvalue weighted by molar-refractivity contribution is 6.32. The van der Waals surface area contributed by atoms with Crippen LogP contribution in [0.3, 0.4) is 0 Å². The van der Waals surface area contributed by atoms with E-state index in [0.717, 1.165) is 0 Å². The van der Waals surface area contributed by atoms with Crippen molar-refractivity contribution in [1.82, 2.24) is 15.0 Å². The van der Waals surface area contributed by atoms with Gasteiger partial charge in [0.1, 0.15) is 29.9 Å². The van der Waals surface area contributed by atoms with Crippen LogP contribution in [-0.2, 0) is 16.1 Å². The number of ether oxygens (including phenoxy) is 4. The zero-order chi connectivity index (χ0) is 21.5. The Bertz CT molecular complexity index is 1140. The number of aromatic carboxylic acids is 1. The molecule has 31 heavy (non-hydrogen) atoms. The first-order valence-corrected chi connectivity index (χ1v) is 9.95. The Morgan fingerprint density at radius 1 is 1.23 bits per heavy atom. The fourth-order valence-corrected chi connectivity index (χ4v) is 3.88. The van der Waals surface area contributed by atoms with Crippen LogP contribution in [0, 0.1) is 0 Å². The molecule has 4 atom stereocenters. The number of aromatic nitrogens is 3. The zero-order valence-corrected chi connectivity index (χ0v) is 16.8. The number of nitrogens with one attached hydrogen (secondary N) is 1. The molecular weight excluding hydrogens is 430 g/mol. The molecule has 0 bridgehead atoms. The van der Waals surface area contributed by atoms with Gasteiger partial charge in [-0.25, -0.2) is 4.79 Å². The number of carbonyl (C=O) groups is 1. The van der Waals surface area contributed by atoms with Crippen molar-refractivity contribution >= 4 is 28.7 Å². The average Bonchev–Trinajstić information content (AvgIpc) is 3.43. The van der Waals surface area contributed by atoms with E-state index in [0.29, 0.717) is 16.7 Å². The van der Waals surface area contributed by atoms with E-state index in [9.17, 15) is 9.90 Å². The first-order valence-electron chi connectivity index (χ1n) is 9.57. The molecule has 11 heteroatoms. The molecule has 0 spiro atoms. The number of benzene rings is 1. The van der Waals surface area contributed by atoms with Gasteiger partial charge < -0.3 is 34.1 Å². The van der Waals surface area contributed by atoms with Crippen LogP contribution < -0.4 is 9.47 Å². The van der Waals surface area contributed by atoms with E-state index in [1.165, 1.54) is 12.1 Å². The van der Waals surface area contributed by atoms with Gasteiger partial charge in [-0.1, -0.05) is 23.7 Å². The minimum Gasteiger partial charge on any atom is -0.478 e. The van der Waals surface area contributed by atoms with E-state index in [-0.39, 0.29) is 48.4 Å². The van der Waals surface area contributed by atoms with E-state index < -0.39 is 24.3 Å². The highest BCUT2D eigenvalue weighted by Gasteiger charge is 2.48. The molecule has 162 valence electrons. The molecule has 0 unspecified atom stereocenters. The van der Waals surface area contributed by atoms with E-state index in [1.807, 2.05) is 0 Å². The first kappa shape index (κ1) is 20.0. The van der Waals surface area contributed by atoms with Crippen molar-refractivity contribution in [3.8, 4) is 11.9 Å². The lowest BCUT2D eigenvalue weighted by atomic mass is 10.1. The summed E-state index contributed by atoms with van der Waals surface area (Å²) < 4.78 is 22.6. The van der Waals surface area contributed by atoms with Gasteiger partial charge in [-0.3, -0.25) is 0 Å². The molecule has 10 nitrogen and oxygen atoms in total. The standard InChI is InChI=1S/C20H18ClN3O7/c21-11-5-12-17(23-18(11)30-6-9-2-1-3-10(4-9)19(26)27)24-20(22-12)31-14-8-29-15-13(25)7-28-16(14)15/h1-5,13-16,25H,6-8H2,(H,26,27)(H,22,23,24)/t13-,14-,15-,16-/m1/s1. The van der Waals surface area contributed by atoms with Crippen LogP contribution >= 0.6 is 11.6 Å². The third kappa shape index (κ3) is 3.90. The molecule has 3 aromatic rings. The van der Waals surface area contributed by atoms with Crippen LogP contribution in [0.5, 0.6) is 11.9 Å². The second-order valence-electron chi connectivity index (χ2n) is 7.30. The van der Waals surface area contributed by atoms with Crippen LogP contribution in [-0.4, -0.2) is 68.8 Å². The summed E-state index contributed by atoms with van der Waals surface area (Å²) in [5.74, 6) is -0.848. The van der Waals surface area contributed by atoms with Crippen LogP contribution in [0.25, 0.3) is 11.2 Å². The van der Waals surface area contributed by atoms with Crippen molar-refractivity contribution in [2.45, 2.75) is 31.0 Å². The quantitative estimate of drug-likeness (QED) is 0.516. The maximum Gasteiger partial charge on any atom is 0.335 e. The number of imidazole rings is 1. The molecule has 2 saturated heterocycles. The molecule has 4 heterocycles. The summed E-state index contributed by atoms with van der Waals surface area (Å²) in [6.07, 6.45) is -1.83. The number of rotatable bonds is 6. The average molecular weight is 448 g/mol. The first-order chi connectivity index (χ1) is 15.0. The minimum atomic E-state index is -1.01. The summed E-state index contributed by atoms with van der Waals surface area (Å²) in [4.78, 5) is 22.8. The smallest absolute Gasteiger partial charge is 0.335 e. The fraction of sp³-hybridized carbons (Fsp3) is 0.350. The Labute approximate surface area is 180 Å². The van der Waals surface area contributed by atoms with Crippen molar-refractivity contribution < 1.29 is 34.0 Å². The number of aliphatic hydroxyl groups is 1. The number of carboxylic acids is 1. The lowest BCUT2D eigenvalue weighted by molar-refractivity contribution is 0.00706. The SMILES string of the molecule is O=C(O)c1cccc(COc2nc3nc(O[C@@H]4CO[C@H]5[C@@H]4OC[C@H]5O)[nH]c3cc2Cl)c1. The summed E-state index contributed by atoms with van der Waals surface area (Å²) in [7, 11) is 0. The third-order valence-corrected chi connectivity index (χ3v) is 5.44. The molecule has 3 N–H and O–H groups in total. The van der Waals surface area contributed by atoms with E-state index in [2.05, 4.69) is 15.0 Å². The topological polar surface area (TPSA) is 136 Å². The number of carboxylic acid groups (broad SMARTS) is 1. The predicted octanol–water partition coefficient (Wildman–Crippen LogP) is 1.79. The zero-order valence-electron chi connectivity index (χ0n) is 16.0. The van der Waals surface area contributed by atoms with Gasteiger partial charge in [-0.15, -0.1) is 0 Å². The summed E-state index contributed by atoms with van der Waals surface area (Å²) in [5.41, 5.74) is 1.74. The molecule has 2 aromatic heterocycles. The Hall–Kier alpha value is -2.92. The molecule has 2 fully saturated rings. The maximum absolute atomic E-state index is 11.1. The molecule has 0 aliphatic carbocycles. The number of nitrogens with zero attached hydrogens (tertiary/aromatic N) is 2. The van der Waals surface area contributed by atoms with Crippen molar-refractivity contribution in [2.24, 2.45) is 0 Å². The molecule has 2 aliphatic rings. The Kier molecular flexibility index (Phi) is 5.14. The van der Waals surface area contributed by atoms with Crippen molar-refractivity contribution in [3.63, 3.8) is 0 Å². The second-order valence-corrected chi connectivity index (χ2v) is 7.71. The number of aromatic amines is 1. The van der Waals surface area contributed by atoms with Gasteiger partial charge in [0.2, 0.25) is 5.88 Å². The van der Waals surface area contributed by atoms with Crippen molar-refractivity contribution in [3.05, 3.63) is 46.5 Å². The predicted molar refractivity (Wildman–Crippen MR) is 107 cm³/mol. The van der Waals surface area contributed by atoms with Gasteiger partial charge >= 0.3 is 5.97 Å². The van der Waals surface area contributed by atoms with E-state index in [4.69, 9.17) is 35.7 Å². The van der Waals surface area contributed by atoms with Crippen molar-refractivity contribution in [2.75, 3.05) is 13.2 Å².